The fourth-order valence-corrected chi connectivity index (χ4v) is 3.83. The van der Waals surface area contributed by atoms with Crippen molar-refractivity contribution in [2.75, 3.05) is 30.3 Å². The van der Waals surface area contributed by atoms with Crippen LogP contribution in [0.15, 0.2) is 30.3 Å². The van der Waals surface area contributed by atoms with Crippen LogP contribution < -0.4 is 16.4 Å². The standard InChI is InChI=1S/C17H23N5OS/c1-2-21(10-12-6-4-3-5-7-12)16(23)14-15(19)20-17(24-14)22-9-8-13(18)11-22/h3-7,13H,2,8-11,18-19H2,1H3. The molecule has 1 aromatic heterocycles. The maximum atomic E-state index is 12.9. The minimum Gasteiger partial charge on any atom is -0.382 e. The minimum absolute atomic E-state index is 0.0638. The van der Waals surface area contributed by atoms with Crippen LogP contribution in [0.3, 0.4) is 0 Å². The number of amides is 1. The van der Waals surface area contributed by atoms with Gasteiger partial charge < -0.3 is 21.3 Å². The number of hydrogen-bond donors (Lipinski definition) is 2. The number of thiazole rings is 1. The Bertz CT molecular complexity index is 702. The molecule has 2 aromatic rings. The van der Waals surface area contributed by atoms with Crippen molar-refractivity contribution in [2.45, 2.75) is 25.9 Å². The molecule has 1 atom stereocenters. The molecule has 1 aliphatic rings. The van der Waals surface area contributed by atoms with Gasteiger partial charge in [0.15, 0.2) is 5.13 Å². The maximum Gasteiger partial charge on any atom is 0.268 e. The number of nitrogens with zero attached hydrogens (tertiary/aromatic N) is 3. The molecule has 1 saturated heterocycles. The summed E-state index contributed by atoms with van der Waals surface area (Å²) < 4.78 is 0. The van der Waals surface area contributed by atoms with Gasteiger partial charge in [-0.1, -0.05) is 41.7 Å². The van der Waals surface area contributed by atoms with Gasteiger partial charge in [-0.25, -0.2) is 4.98 Å². The van der Waals surface area contributed by atoms with Gasteiger partial charge in [0.1, 0.15) is 10.7 Å². The maximum absolute atomic E-state index is 12.9. The zero-order chi connectivity index (χ0) is 17.1. The molecule has 1 aromatic carbocycles. The van der Waals surface area contributed by atoms with Crippen LogP contribution in [0.25, 0.3) is 0 Å². The van der Waals surface area contributed by atoms with E-state index in [-0.39, 0.29) is 11.9 Å². The van der Waals surface area contributed by atoms with Crippen molar-refractivity contribution < 1.29 is 4.79 Å². The highest BCUT2D eigenvalue weighted by atomic mass is 32.1. The molecule has 7 heteroatoms. The third kappa shape index (κ3) is 3.52. The molecule has 6 nitrogen and oxygen atoms in total. The zero-order valence-corrected chi connectivity index (χ0v) is 14.6. The van der Waals surface area contributed by atoms with E-state index in [1.54, 1.807) is 4.90 Å². The summed E-state index contributed by atoms with van der Waals surface area (Å²) in [5.41, 5.74) is 13.1. The number of benzene rings is 1. The van der Waals surface area contributed by atoms with E-state index in [1.807, 2.05) is 37.3 Å². The first-order valence-corrected chi connectivity index (χ1v) is 9.00. The number of carbonyl (C=O) groups excluding carboxylic acids is 1. The molecule has 1 aliphatic heterocycles. The Morgan fingerprint density at radius 2 is 2.17 bits per heavy atom. The molecule has 0 saturated carbocycles. The van der Waals surface area contributed by atoms with Gasteiger partial charge in [0.05, 0.1) is 0 Å². The molecule has 0 radical (unpaired) electrons. The van der Waals surface area contributed by atoms with Crippen LogP contribution in [-0.2, 0) is 6.54 Å². The van der Waals surface area contributed by atoms with Gasteiger partial charge in [-0.15, -0.1) is 0 Å². The summed E-state index contributed by atoms with van der Waals surface area (Å²) in [6.45, 7) is 4.79. The molecule has 1 amide bonds. The van der Waals surface area contributed by atoms with Gasteiger partial charge in [0.25, 0.3) is 5.91 Å². The van der Waals surface area contributed by atoms with E-state index in [2.05, 4.69) is 9.88 Å². The SMILES string of the molecule is CCN(Cc1ccccc1)C(=O)c1sc(N2CCC(N)C2)nc1N. The van der Waals surface area contributed by atoms with Gasteiger partial charge in [-0.05, 0) is 18.9 Å². The summed E-state index contributed by atoms with van der Waals surface area (Å²) in [5, 5.41) is 0.791. The van der Waals surface area contributed by atoms with Crippen LogP contribution in [0.4, 0.5) is 10.9 Å². The number of rotatable bonds is 5. The van der Waals surface area contributed by atoms with Crippen LogP contribution in [0.1, 0.15) is 28.6 Å². The minimum atomic E-state index is -0.0638. The fourth-order valence-electron chi connectivity index (χ4n) is 2.84. The summed E-state index contributed by atoms with van der Waals surface area (Å²) >= 11 is 1.36. The molecule has 1 unspecified atom stereocenters. The molecular weight excluding hydrogens is 322 g/mol. The smallest absolute Gasteiger partial charge is 0.268 e. The molecule has 128 valence electrons. The number of anilines is 2. The molecule has 2 heterocycles. The van der Waals surface area contributed by atoms with Crippen molar-refractivity contribution in [1.29, 1.82) is 0 Å². The first-order chi connectivity index (χ1) is 11.6. The van der Waals surface area contributed by atoms with E-state index in [1.165, 1.54) is 11.3 Å². The Morgan fingerprint density at radius 3 is 2.79 bits per heavy atom. The first kappa shape index (κ1) is 16.7. The Hall–Kier alpha value is -2.12. The monoisotopic (exact) mass is 345 g/mol. The summed E-state index contributed by atoms with van der Waals surface area (Å²) in [7, 11) is 0. The van der Waals surface area contributed by atoms with E-state index in [9.17, 15) is 4.79 Å². The lowest BCUT2D eigenvalue weighted by Gasteiger charge is -2.20. The van der Waals surface area contributed by atoms with Gasteiger partial charge in [0.2, 0.25) is 0 Å². The summed E-state index contributed by atoms with van der Waals surface area (Å²) in [4.78, 5) is 21.7. The Labute approximate surface area is 146 Å². The topological polar surface area (TPSA) is 88.5 Å². The number of nitrogen functional groups attached to an aromatic ring is 1. The first-order valence-electron chi connectivity index (χ1n) is 8.18. The second kappa shape index (κ2) is 7.19. The molecule has 0 spiro atoms. The van der Waals surface area contributed by atoms with Gasteiger partial charge in [0, 0.05) is 32.2 Å². The molecule has 0 bridgehead atoms. The molecule has 0 aliphatic carbocycles. The van der Waals surface area contributed by atoms with Crippen LogP contribution in [0.5, 0.6) is 0 Å². The predicted octanol–water partition coefficient (Wildman–Crippen LogP) is 1.92. The van der Waals surface area contributed by atoms with E-state index >= 15 is 0 Å². The quantitative estimate of drug-likeness (QED) is 0.864. The van der Waals surface area contributed by atoms with Crippen molar-refractivity contribution >= 4 is 28.2 Å². The number of hydrogen-bond acceptors (Lipinski definition) is 6. The van der Waals surface area contributed by atoms with Gasteiger partial charge >= 0.3 is 0 Å². The highest BCUT2D eigenvalue weighted by Gasteiger charge is 2.26. The van der Waals surface area contributed by atoms with Crippen LogP contribution in [-0.4, -0.2) is 41.5 Å². The van der Waals surface area contributed by atoms with E-state index in [0.29, 0.717) is 23.8 Å². The van der Waals surface area contributed by atoms with E-state index < -0.39 is 0 Å². The Morgan fingerprint density at radius 1 is 1.42 bits per heavy atom. The average molecular weight is 345 g/mol. The Kier molecular flexibility index (Phi) is 5.01. The molecule has 4 N–H and O–H groups in total. The van der Waals surface area contributed by atoms with Crippen molar-refractivity contribution in [3.63, 3.8) is 0 Å². The third-order valence-electron chi connectivity index (χ3n) is 4.22. The highest BCUT2D eigenvalue weighted by Crippen LogP contribution is 2.31. The molecule has 1 fully saturated rings. The largest absolute Gasteiger partial charge is 0.382 e. The zero-order valence-electron chi connectivity index (χ0n) is 13.8. The van der Waals surface area contributed by atoms with E-state index in [0.717, 1.165) is 30.2 Å². The highest BCUT2D eigenvalue weighted by molar-refractivity contribution is 7.18. The van der Waals surface area contributed by atoms with Crippen LogP contribution in [0, 0.1) is 0 Å². The lowest BCUT2D eigenvalue weighted by molar-refractivity contribution is 0.0758. The predicted molar refractivity (Wildman–Crippen MR) is 98.2 cm³/mol. The van der Waals surface area contributed by atoms with Crippen LogP contribution >= 0.6 is 11.3 Å². The van der Waals surface area contributed by atoms with Crippen molar-refractivity contribution in [1.82, 2.24) is 9.88 Å². The fraction of sp³-hybridized carbons (Fsp3) is 0.412. The lowest BCUT2D eigenvalue weighted by atomic mass is 10.2. The van der Waals surface area contributed by atoms with Crippen molar-refractivity contribution in [3.05, 3.63) is 40.8 Å². The molecule has 24 heavy (non-hydrogen) atoms. The Balaban J connectivity index is 1.77. The summed E-state index contributed by atoms with van der Waals surface area (Å²) in [6.07, 6.45) is 0.942. The normalized spacial score (nSPS) is 17.2. The number of nitrogens with two attached hydrogens (primary N) is 2. The van der Waals surface area contributed by atoms with Crippen LogP contribution in [0.2, 0.25) is 0 Å². The van der Waals surface area contributed by atoms with E-state index in [4.69, 9.17) is 11.5 Å². The van der Waals surface area contributed by atoms with Crippen molar-refractivity contribution in [2.24, 2.45) is 5.73 Å². The summed E-state index contributed by atoms with van der Waals surface area (Å²) in [5.74, 6) is 0.248. The third-order valence-corrected chi connectivity index (χ3v) is 5.34. The number of carbonyl (C=O) groups is 1. The van der Waals surface area contributed by atoms with Gasteiger partial charge in [-0.2, -0.15) is 0 Å². The average Bonchev–Trinajstić information content (AvgIpc) is 3.19. The summed E-state index contributed by atoms with van der Waals surface area (Å²) in [6, 6.07) is 10.1. The molecule has 3 rings (SSSR count). The second-order valence-electron chi connectivity index (χ2n) is 6.01. The second-order valence-corrected chi connectivity index (χ2v) is 6.99. The lowest BCUT2D eigenvalue weighted by Crippen LogP contribution is -2.30. The van der Waals surface area contributed by atoms with Crippen molar-refractivity contribution in [3.8, 4) is 0 Å². The van der Waals surface area contributed by atoms with Gasteiger partial charge in [-0.3, -0.25) is 4.79 Å². The molecular formula is C17H23N5OS. The number of aromatic nitrogens is 1.